The normalized spacial score (nSPS) is 11.9. The van der Waals surface area contributed by atoms with Gasteiger partial charge in [-0.3, -0.25) is 0 Å². The molecule has 138 valence electrons. The van der Waals surface area contributed by atoms with Crippen molar-refractivity contribution < 1.29 is 27.2 Å². The number of rotatable bonds is 7. The maximum Gasteiger partial charge on any atom is 0.471 e. The summed E-state index contributed by atoms with van der Waals surface area (Å²) in [6, 6.07) is 6.35. The standard InChI is InChI=1S/C15H14F3N5O3/c1-2-25-13(24)11(22-19)8-20-7-9-3-5-10(6-4-9)12-21-14(26-23-12)15(16,17)18/h3-6,8,19-20H,2,7H2,1H3/b11-8-,22-19?. The van der Waals surface area contributed by atoms with Gasteiger partial charge in [0.2, 0.25) is 5.82 Å². The van der Waals surface area contributed by atoms with E-state index < -0.39 is 18.0 Å². The van der Waals surface area contributed by atoms with Crippen molar-refractivity contribution in [2.75, 3.05) is 6.61 Å². The lowest BCUT2D eigenvalue weighted by Gasteiger charge is -2.04. The number of carbonyl (C=O) groups is 1. The Kier molecular flexibility index (Phi) is 6.04. The van der Waals surface area contributed by atoms with Crippen LogP contribution in [-0.2, 0) is 22.3 Å². The SMILES string of the molecule is CCOC(=O)/C(=C/NCc1ccc(-c2noc(C(F)(F)F)n2)cc1)N=N. The average Bonchev–Trinajstić information content (AvgIpc) is 3.10. The number of esters is 1. The highest BCUT2D eigenvalue weighted by atomic mass is 19.4. The second-order valence-corrected chi connectivity index (χ2v) is 4.86. The minimum atomic E-state index is -4.69. The number of carbonyl (C=O) groups excluding carboxylic acids is 1. The molecule has 2 aromatic rings. The van der Waals surface area contributed by atoms with E-state index in [1.807, 2.05) is 0 Å². The fourth-order valence-corrected chi connectivity index (χ4v) is 1.83. The summed E-state index contributed by atoms with van der Waals surface area (Å²) < 4.78 is 46.3. The van der Waals surface area contributed by atoms with Crippen molar-refractivity contribution in [2.24, 2.45) is 5.11 Å². The van der Waals surface area contributed by atoms with E-state index in [9.17, 15) is 18.0 Å². The Labute approximate surface area is 145 Å². The molecule has 0 unspecified atom stereocenters. The first kappa shape index (κ1) is 19.1. The van der Waals surface area contributed by atoms with Crippen molar-refractivity contribution in [3.63, 3.8) is 0 Å². The van der Waals surface area contributed by atoms with Gasteiger partial charge in [-0.25, -0.2) is 10.3 Å². The molecule has 0 aliphatic heterocycles. The van der Waals surface area contributed by atoms with Crippen molar-refractivity contribution in [3.8, 4) is 11.4 Å². The quantitative estimate of drug-likeness (QED) is 0.440. The highest BCUT2D eigenvalue weighted by Crippen LogP contribution is 2.29. The van der Waals surface area contributed by atoms with Gasteiger partial charge in [0.15, 0.2) is 5.70 Å². The lowest BCUT2D eigenvalue weighted by molar-refractivity contribution is -0.159. The van der Waals surface area contributed by atoms with Crippen molar-refractivity contribution in [1.82, 2.24) is 15.5 Å². The number of hydrogen-bond donors (Lipinski definition) is 2. The summed E-state index contributed by atoms with van der Waals surface area (Å²) in [6.45, 7) is 2.09. The first-order valence-corrected chi connectivity index (χ1v) is 7.33. The fraction of sp³-hybridized carbons (Fsp3) is 0.267. The Bertz CT molecular complexity index is 800. The molecule has 0 saturated heterocycles. The molecule has 1 aromatic heterocycles. The Balaban J connectivity index is 2.00. The topological polar surface area (TPSA) is 113 Å². The number of halogens is 3. The van der Waals surface area contributed by atoms with Gasteiger partial charge in [0.1, 0.15) is 0 Å². The number of ether oxygens (including phenoxy) is 1. The van der Waals surface area contributed by atoms with Crippen LogP contribution in [0.25, 0.3) is 11.4 Å². The van der Waals surface area contributed by atoms with Crippen LogP contribution in [0, 0.1) is 5.53 Å². The monoisotopic (exact) mass is 369 g/mol. The Morgan fingerprint density at radius 1 is 1.38 bits per heavy atom. The maximum absolute atomic E-state index is 12.5. The summed E-state index contributed by atoms with van der Waals surface area (Å²) in [4.78, 5) is 14.7. The molecule has 0 aliphatic carbocycles. The van der Waals surface area contributed by atoms with E-state index in [2.05, 4.69) is 25.1 Å². The van der Waals surface area contributed by atoms with Crippen LogP contribution in [0.3, 0.4) is 0 Å². The van der Waals surface area contributed by atoms with Gasteiger partial charge < -0.3 is 14.6 Å². The Morgan fingerprint density at radius 2 is 2.08 bits per heavy atom. The molecule has 0 bridgehead atoms. The molecule has 8 nitrogen and oxygen atoms in total. The Hall–Kier alpha value is -3.24. The van der Waals surface area contributed by atoms with Gasteiger partial charge >= 0.3 is 18.0 Å². The smallest absolute Gasteiger partial charge is 0.461 e. The van der Waals surface area contributed by atoms with E-state index in [1.165, 1.54) is 18.3 Å². The molecule has 0 radical (unpaired) electrons. The largest absolute Gasteiger partial charge is 0.471 e. The van der Waals surface area contributed by atoms with E-state index >= 15 is 0 Å². The Morgan fingerprint density at radius 3 is 2.62 bits per heavy atom. The first-order chi connectivity index (χ1) is 12.3. The summed E-state index contributed by atoms with van der Waals surface area (Å²) in [6.07, 6.45) is -3.45. The van der Waals surface area contributed by atoms with Gasteiger partial charge in [-0.05, 0) is 12.5 Å². The van der Waals surface area contributed by atoms with Crippen molar-refractivity contribution >= 4 is 5.97 Å². The van der Waals surface area contributed by atoms with Gasteiger partial charge in [-0.2, -0.15) is 18.2 Å². The molecule has 0 saturated carbocycles. The van der Waals surface area contributed by atoms with Crippen molar-refractivity contribution in [3.05, 3.63) is 47.6 Å². The van der Waals surface area contributed by atoms with E-state index in [-0.39, 0.29) is 18.1 Å². The molecule has 2 N–H and O–H groups in total. The van der Waals surface area contributed by atoms with E-state index in [0.29, 0.717) is 12.1 Å². The highest BCUT2D eigenvalue weighted by molar-refractivity contribution is 5.87. The minimum absolute atomic E-state index is 0.166. The molecule has 0 spiro atoms. The molecule has 26 heavy (non-hydrogen) atoms. The van der Waals surface area contributed by atoms with Crippen LogP contribution in [0.5, 0.6) is 0 Å². The molecular formula is C15H14F3N5O3. The lowest BCUT2D eigenvalue weighted by Crippen LogP contribution is -2.11. The molecule has 0 fully saturated rings. The van der Waals surface area contributed by atoms with Gasteiger partial charge in [0, 0.05) is 18.3 Å². The number of alkyl halides is 3. The van der Waals surface area contributed by atoms with E-state index in [4.69, 9.17) is 10.3 Å². The number of nitrogens with zero attached hydrogens (tertiary/aromatic N) is 3. The third kappa shape index (κ3) is 4.88. The van der Waals surface area contributed by atoms with Crippen molar-refractivity contribution in [2.45, 2.75) is 19.6 Å². The number of hydrogen-bond acceptors (Lipinski definition) is 8. The molecule has 1 heterocycles. The van der Waals surface area contributed by atoms with Gasteiger partial charge in [-0.1, -0.05) is 29.4 Å². The highest BCUT2D eigenvalue weighted by Gasteiger charge is 2.38. The van der Waals surface area contributed by atoms with Crippen LogP contribution < -0.4 is 5.32 Å². The molecule has 0 atom stereocenters. The first-order valence-electron chi connectivity index (χ1n) is 7.33. The number of nitrogens with one attached hydrogen (secondary N) is 2. The van der Waals surface area contributed by atoms with Crippen LogP contribution in [0.4, 0.5) is 13.2 Å². The fourth-order valence-electron chi connectivity index (χ4n) is 1.83. The van der Waals surface area contributed by atoms with Crippen LogP contribution in [-0.4, -0.2) is 22.7 Å². The van der Waals surface area contributed by atoms with Crippen molar-refractivity contribution in [1.29, 1.82) is 5.53 Å². The van der Waals surface area contributed by atoms with Crippen LogP contribution in [0.2, 0.25) is 0 Å². The molecule has 2 rings (SSSR count). The van der Waals surface area contributed by atoms with Gasteiger partial charge in [-0.15, -0.1) is 5.11 Å². The molecule has 0 aliphatic rings. The van der Waals surface area contributed by atoms with Crippen LogP contribution >= 0.6 is 0 Å². The molecule has 0 amide bonds. The summed E-state index contributed by atoms with van der Waals surface area (Å²) >= 11 is 0. The summed E-state index contributed by atoms with van der Waals surface area (Å²) in [7, 11) is 0. The third-order valence-electron chi connectivity index (χ3n) is 3.03. The average molecular weight is 369 g/mol. The molecule has 1 aromatic carbocycles. The minimum Gasteiger partial charge on any atom is -0.461 e. The third-order valence-corrected chi connectivity index (χ3v) is 3.03. The zero-order chi connectivity index (χ0) is 19.2. The molecular weight excluding hydrogens is 355 g/mol. The van der Waals surface area contributed by atoms with Gasteiger partial charge in [0.05, 0.1) is 6.61 Å². The number of benzene rings is 1. The lowest BCUT2D eigenvalue weighted by atomic mass is 10.1. The summed E-state index contributed by atoms with van der Waals surface area (Å²) in [5, 5.41) is 9.17. The second-order valence-electron chi connectivity index (χ2n) is 4.86. The zero-order valence-corrected chi connectivity index (χ0v) is 13.5. The second kappa shape index (κ2) is 8.23. The predicted molar refractivity (Wildman–Crippen MR) is 81.4 cm³/mol. The van der Waals surface area contributed by atoms with E-state index in [1.54, 1.807) is 19.1 Å². The van der Waals surface area contributed by atoms with Crippen LogP contribution in [0.15, 0.2) is 45.8 Å². The van der Waals surface area contributed by atoms with Crippen LogP contribution in [0.1, 0.15) is 18.4 Å². The number of aromatic nitrogens is 2. The van der Waals surface area contributed by atoms with E-state index in [0.717, 1.165) is 5.56 Å². The maximum atomic E-state index is 12.5. The molecule has 11 heteroatoms. The summed E-state index contributed by atoms with van der Waals surface area (Å²) in [5.41, 5.74) is 7.87. The zero-order valence-electron chi connectivity index (χ0n) is 13.5. The summed E-state index contributed by atoms with van der Waals surface area (Å²) in [5.74, 6) is -2.30. The van der Waals surface area contributed by atoms with Gasteiger partial charge in [0.25, 0.3) is 0 Å². The predicted octanol–water partition coefficient (Wildman–Crippen LogP) is 3.28.